The van der Waals surface area contributed by atoms with Crippen LogP contribution in [0.3, 0.4) is 0 Å². The van der Waals surface area contributed by atoms with Crippen molar-refractivity contribution in [3.8, 4) is 0 Å². The predicted molar refractivity (Wildman–Crippen MR) is 115 cm³/mol. The van der Waals surface area contributed by atoms with Crippen molar-refractivity contribution in [2.24, 2.45) is 0 Å². The quantitative estimate of drug-likeness (QED) is 0.552. The van der Waals surface area contributed by atoms with E-state index in [2.05, 4.69) is 5.32 Å². The summed E-state index contributed by atoms with van der Waals surface area (Å²) in [5.41, 5.74) is 2.01. The molecule has 2 unspecified atom stereocenters. The van der Waals surface area contributed by atoms with Crippen LogP contribution >= 0.6 is 0 Å². The first-order chi connectivity index (χ1) is 15.3. The number of hydrogen-bond acceptors (Lipinski definition) is 6. The second kappa shape index (κ2) is 8.92. The van der Waals surface area contributed by atoms with E-state index >= 15 is 0 Å². The Labute approximate surface area is 185 Å². The zero-order chi connectivity index (χ0) is 22.8. The molecule has 0 aromatic heterocycles. The third-order valence-corrected chi connectivity index (χ3v) is 5.67. The summed E-state index contributed by atoms with van der Waals surface area (Å²) < 4.78 is 10.8. The van der Waals surface area contributed by atoms with Crippen molar-refractivity contribution < 1.29 is 28.7 Å². The maximum absolute atomic E-state index is 12.8. The number of rotatable bonds is 6. The second-order valence-corrected chi connectivity index (χ2v) is 7.97. The number of imide groups is 1. The first kappa shape index (κ1) is 21.7. The number of fused-ring (bicyclic) bond motifs is 1. The van der Waals surface area contributed by atoms with Gasteiger partial charge < -0.3 is 14.8 Å². The molecule has 0 aliphatic carbocycles. The molecule has 2 heterocycles. The third-order valence-electron chi connectivity index (χ3n) is 5.67. The Morgan fingerprint density at radius 3 is 2.62 bits per heavy atom. The summed E-state index contributed by atoms with van der Waals surface area (Å²) in [6, 6.07) is 11.5. The van der Waals surface area contributed by atoms with Crippen LogP contribution in [0, 0.1) is 6.92 Å². The van der Waals surface area contributed by atoms with Crippen LogP contribution < -0.4 is 5.32 Å². The molecule has 2 atom stereocenters. The minimum atomic E-state index is -1.05. The van der Waals surface area contributed by atoms with Gasteiger partial charge in [0.05, 0.1) is 29.3 Å². The smallest absolute Gasteiger partial charge is 0.338 e. The Morgan fingerprint density at radius 2 is 1.91 bits per heavy atom. The van der Waals surface area contributed by atoms with Crippen LogP contribution in [0.5, 0.6) is 0 Å². The number of nitrogens with zero attached hydrogens (tertiary/aromatic N) is 1. The molecule has 8 nitrogen and oxygen atoms in total. The largest absolute Gasteiger partial charge is 0.449 e. The van der Waals surface area contributed by atoms with E-state index in [1.165, 1.54) is 25.1 Å². The maximum Gasteiger partial charge on any atom is 0.338 e. The molecule has 2 aromatic carbocycles. The van der Waals surface area contributed by atoms with Crippen LogP contribution in [-0.2, 0) is 14.3 Å². The Morgan fingerprint density at radius 1 is 1.16 bits per heavy atom. The fourth-order valence-corrected chi connectivity index (χ4v) is 3.81. The van der Waals surface area contributed by atoms with Gasteiger partial charge in [-0.05, 0) is 56.5 Å². The zero-order valence-electron chi connectivity index (χ0n) is 17.9. The number of esters is 1. The summed E-state index contributed by atoms with van der Waals surface area (Å²) in [5, 5.41) is 2.73. The molecule has 0 spiro atoms. The van der Waals surface area contributed by atoms with Gasteiger partial charge in [-0.2, -0.15) is 0 Å². The first-order valence-corrected chi connectivity index (χ1v) is 10.5. The molecule has 0 radical (unpaired) electrons. The summed E-state index contributed by atoms with van der Waals surface area (Å²) in [5.74, 6) is -2.08. The molecule has 4 rings (SSSR count). The number of aryl methyl sites for hydroxylation is 1. The highest BCUT2D eigenvalue weighted by atomic mass is 16.5. The fraction of sp³-hybridized carbons (Fsp3) is 0.333. The molecule has 0 saturated carbocycles. The van der Waals surface area contributed by atoms with Crippen LogP contribution in [0.2, 0.25) is 0 Å². The monoisotopic (exact) mass is 436 g/mol. The van der Waals surface area contributed by atoms with Crippen LogP contribution in [0.1, 0.15) is 56.4 Å². The van der Waals surface area contributed by atoms with E-state index in [9.17, 15) is 19.2 Å². The molecule has 32 heavy (non-hydrogen) atoms. The normalized spacial score (nSPS) is 18.4. The van der Waals surface area contributed by atoms with Gasteiger partial charge in [-0.25, -0.2) is 4.79 Å². The van der Waals surface area contributed by atoms with Crippen molar-refractivity contribution in [3.05, 3.63) is 64.7 Å². The van der Waals surface area contributed by atoms with E-state index in [1.54, 1.807) is 12.1 Å². The van der Waals surface area contributed by atoms with E-state index in [0.29, 0.717) is 12.3 Å². The summed E-state index contributed by atoms with van der Waals surface area (Å²) >= 11 is 0. The van der Waals surface area contributed by atoms with Crippen molar-refractivity contribution in [1.82, 2.24) is 4.90 Å². The molecule has 2 aliphatic heterocycles. The van der Waals surface area contributed by atoms with Gasteiger partial charge in [0.25, 0.3) is 17.7 Å². The molecule has 2 aromatic rings. The number of para-hydroxylation sites is 1. The Balaban J connectivity index is 1.43. The minimum absolute atomic E-state index is 0.0967. The summed E-state index contributed by atoms with van der Waals surface area (Å²) in [7, 11) is 0. The predicted octanol–water partition coefficient (Wildman–Crippen LogP) is 2.95. The number of benzene rings is 2. The van der Waals surface area contributed by atoms with Crippen molar-refractivity contribution in [1.29, 1.82) is 0 Å². The van der Waals surface area contributed by atoms with E-state index < -0.39 is 29.8 Å². The topological polar surface area (TPSA) is 102 Å². The van der Waals surface area contributed by atoms with Crippen LogP contribution in [0.15, 0.2) is 42.5 Å². The van der Waals surface area contributed by atoms with Crippen LogP contribution in [0.4, 0.5) is 5.69 Å². The Bertz CT molecular complexity index is 1090. The van der Waals surface area contributed by atoms with E-state index in [-0.39, 0.29) is 29.3 Å². The molecular weight excluding hydrogens is 412 g/mol. The van der Waals surface area contributed by atoms with Crippen molar-refractivity contribution in [2.45, 2.75) is 38.9 Å². The molecule has 1 N–H and O–H groups in total. The lowest BCUT2D eigenvalue weighted by molar-refractivity contribution is -0.123. The highest BCUT2D eigenvalue weighted by Gasteiger charge is 2.38. The first-order valence-electron chi connectivity index (χ1n) is 10.5. The van der Waals surface area contributed by atoms with Crippen LogP contribution in [0.25, 0.3) is 0 Å². The number of anilines is 1. The van der Waals surface area contributed by atoms with Gasteiger partial charge in [-0.3, -0.25) is 19.3 Å². The number of ether oxygens (including phenoxy) is 2. The van der Waals surface area contributed by atoms with Crippen LogP contribution in [-0.4, -0.2) is 54.0 Å². The Hall–Kier alpha value is -3.52. The average Bonchev–Trinajstić information content (AvgIpc) is 3.38. The van der Waals surface area contributed by atoms with Gasteiger partial charge in [-0.1, -0.05) is 18.2 Å². The number of hydrogen-bond donors (Lipinski definition) is 1. The lowest BCUT2D eigenvalue weighted by atomic mass is 10.1. The Kier molecular flexibility index (Phi) is 6.05. The maximum atomic E-state index is 12.8. The molecule has 1 fully saturated rings. The van der Waals surface area contributed by atoms with Crippen molar-refractivity contribution >= 4 is 29.4 Å². The standard InChI is InChI=1S/C24H24N2O6/c1-14-6-3-4-8-20(14)25-21(27)15(2)32-24(30)16-9-10-18-19(12-16)23(29)26(22(18)28)13-17-7-5-11-31-17/h3-4,6,8-10,12,15,17H,5,7,11,13H2,1-2H3,(H,25,27). The van der Waals surface area contributed by atoms with Crippen molar-refractivity contribution in [3.63, 3.8) is 0 Å². The SMILES string of the molecule is Cc1ccccc1NC(=O)C(C)OC(=O)c1ccc2c(c1)C(=O)N(CC1CCCO1)C2=O. The number of nitrogens with one attached hydrogen (secondary N) is 1. The van der Waals surface area contributed by atoms with Gasteiger partial charge in [0.15, 0.2) is 6.10 Å². The van der Waals surface area contributed by atoms with Gasteiger partial charge in [-0.15, -0.1) is 0 Å². The molecule has 166 valence electrons. The van der Waals surface area contributed by atoms with E-state index in [0.717, 1.165) is 23.3 Å². The fourth-order valence-electron chi connectivity index (χ4n) is 3.81. The highest BCUT2D eigenvalue weighted by molar-refractivity contribution is 6.22. The van der Waals surface area contributed by atoms with E-state index in [1.807, 2.05) is 19.1 Å². The number of amides is 3. The number of carbonyl (C=O) groups is 4. The van der Waals surface area contributed by atoms with E-state index in [4.69, 9.17) is 9.47 Å². The zero-order valence-corrected chi connectivity index (χ0v) is 17.9. The molecule has 3 amide bonds. The summed E-state index contributed by atoms with van der Waals surface area (Å²) in [6.45, 7) is 4.15. The molecule has 0 bridgehead atoms. The molecular formula is C24H24N2O6. The summed E-state index contributed by atoms with van der Waals surface area (Å²) in [6.07, 6.45) is 0.491. The highest BCUT2D eigenvalue weighted by Crippen LogP contribution is 2.26. The van der Waals surface area contributed by atoms with Gasteiger partial charge >= 0.3 is 5.97 Å². The summed E-state index contributed by atoms with van der Waals surface area (Å²) in [4.78, 5) is 51.6. The molecule has 8 heteroatoms. The van der Waals surface area contributed by atoms with Gasteiger partial charge in [0, 0.05) is 12.3 Å². The average molecular weight is 436 g/mol. The van der Waals surface area contributed by atoms with Gasteiger partial charge in [0.2, 0.25) is 0 Å². The molecule has 2 aliphatic rings. The van der Waals surface area contributed by atoms with Crippen molar-refractivity contribution in [2.75, 3.05) is 18.5 Å². The molecule has 1 saturated heterocycles. The number of carbonyl (C=O) groups excluding carboxylic acids is 4. The lowest BCUT2D eigenvalue weighted by Crippen LogP contribution is -2.36. The minimum Gasteiger partial charge on any atom is -0.449 e. The third kappa shape index (κ3) is 4.27. The second-order valence-electron chi connectivity index (χ2n) is 7.97. The van der Waals surface area contributed by atoms with Gasteiger partial charge in [0.1, 0.15) is 0 Å². The lowest BCUT2D eigenvalue weighted by Gasteiger charge is -2.17.